The van der Waals surface area contributed by atoms with E-state index in [1.807, 2.05) is 12.1 Å². The van der Waals surface area contributed by atoms with E-state index in [0.717, 1.165) is 25.1 Å². The Morgan fingerprint density at radius 3 is 2.62 bits per heavy atom. The van der Waals surface area contributed by atoms with Gasteiger partial charge in [0.25, 0.3) is 0 Å². The maximum absolute atomic E-state index is 14.4. The van der Waals surface area contributed by atoms with E-state index in [2.05, 4.69) is 19.2 Å². The number of nitrogens with one attached hydrogen (secondary N) is 1. The second-order valence-corrected chi connectivity index (χ2v) is 6.84. The van der Waals surface area contributed by atoms with Crippen LogP contribution >= 0.6 is 0 Å². The van der Waals surface area contributed by atoms with Crippen LogP contribution in [0.5, 0.6) is 5.75 Å². The minimum absolute atomic E-state index is 0.185. The van der Waals surface area contributed by atoms with Crippen LogP contribution in [0.3, 0.4) is 0 Å². The van der Waals surface area contributed by atoms with Gasteiger partial charge in [-0.2, -0.15) is 0 Å². The lowest BCUT2D eigenvalue weighted by atomic mass is 9.79. The van der Waals surface area contributed by atoms with E-state index >= 15 is 0 Å². The van der Waals surface area contributed by atoms with E-state index in [9.17, 15) is 4.39 Å². The van der Waals surface area contributed by atoms with Crippen LogP contribution in [0, 0.1) is 17.2 Å². The van der Waals surface area contributed by atoms with Crippen LogP contribution in [0.15, 0.2) is 18.2 Å². The molecular formula is C18H28FNO. The van der Waals surface area contributed by atoms with E-state index in [4.69, 9.17) is 4.74 Å². The molecule has 2 rings (SSSR count). The highest BCUT2D eigenvalue weighted by atomic mass is 19.1. The van der Waals surface area contributed by atoms with Gasteiger partial charge in [-0.1, -0.05) is 38.8 Å². The number of hydrogen-bond donors (Lipinski definition) is 1. The maximum atomic E-state index is 14.4. The average Bonchev–Trinajstić information content (AvgIpc) is 2.89. The first kappa shape index (κ1) is 16.3. The molecule has 1 aliphatic carbocycles. The van der Waals surface area contributed by atoms with Crippen LogP contribution in [0.1, 0.15) is 45.1 Å². The minimum Gasteiger partial charge on any atom is -0.494 e. The first-order valence-corrected chi connectivity index (χ1v) is 8.08. The molecule has 118 valence electrons. The summed E-state index contributed by atoms with van der Waals surface area (Å²) in [5.41, 5.74) is 1.00. The Morgan fingerprint density at radius 2 is 2.00 bits per heavy atom. The summed E-state index contributed by atoms with van der Waals surface area (Å²) in [6.07, 6.45) is 5.70. The number of ether oxygens (including phenoxy) is 1. The zero-order chi connectivity index (χ0) is 15.3. The molecule has 1 N–H and O–H groups in total. The third kappa shape index (κ3) is 4.19. The summed E-state index contributed by atoms with van der Waals surface area (Å²) in [5.74, 6) is 0.822. The largest absolute Gasteiger partial charge is 0.494 e. The summed E-state index contributed by atoms with van der Waals surface area (Å²) in [6.45, 7) is 6.45. The number of hydrogen-bond acceptors (Lipinski definition) is 2. The van der Waals surface area contributed by atoms with Crippen molar-refractivity contribution in [2.45, 2.75) is 46.0 Å². The van der Waals surface area contributed by atoms with Gasteiger partial charge in [-0.3, -0.25) is 0 Å². The zero-order valence-electron chi connectivity index (χ0n) is 13.5. The van der Waals surface area contributed by atoms with Gasteiger partial charge in [-0.15, -0.1) is 0 Å². The van der Waals surface area contributed by atoms with Crippen molar-refractivity contribution in [3.8, 4) is 5.75 Å². The van der Waals surface area contributed by atoms with E-state index < -0.39 is 0 Å². The van der Waals surface area contributed by atoms with Gasteiger partial charge in [-0.25, -0.2) is 4.39 Å². The Hall–Kier alpha value is -1.09. The normalized spacial score (nSPS) is 17.4. The van der Waals surface area contributed by atoms with E-state index in [-0.39, 0.29) is 11.2 Å². The van der Waals surface area contributed by atoms with Gasteiger partial charge in [0, 0.05) is 6.54 Å². The molecule has 1 aromatic rings. The van der Waals surface area contributed by atoms with Gasteiger partial charge in [0.2, 0.25) is 0 Å². The van der Waals surface area contributed by atoms with Crippen LogP contribution in [0.25, 0.3) is 0 Å². The fourth-order valence-corrected chi connectivity index (χ4v) is 3.42. The van der Waals surface area contributed by atoms with Gasteiger partial charge in [0.15, 0.2) is 11.6 Å². The molecular weight excluding hydrogens is 265 g/mol. The van der Waals surface area contributed by atoms with Crippen LogP contribution < -0.4 is 10.1 Å². The molecule has 21 heavy (non-hydrogen) atoms. The third-order valence-electron chi connectivity index (χ3n) is 4.55. The average molecular weight is 293 g/mol. The Balaban J connectivity index is 2.09. The molecule has 2 nitrogen and oxygen atoms in total. The van der Waals surface area contributed by atoms with Crippen LogP contribution in [0.4, 0.5) is 4.39 Å². The number of benzene rings is 1. The lowest BCUT2D eigenvalue weighted by Gasteiger charge is -2.30. The molecule has 0 bridgehead atoms. The molecule has 1 saturated carbocycles. The standard InChI is InChI=1S/C18H28FNO/c1-14(2)12-20-13-18(9-4-5-10-18)11-15-7-6-8-16(21-3)17(15)19/h6-8,14,20H,4-5,9-13H2,1-3H3. The summed E-state index contributed by atoms with van der Waals surface area (Å²) in [5, 5.41) is 3.58. The second kappa shape index (κ2) is 7.26. The lowest BCUT2D eigenvalue weighted by Crippen LogP contribution is -2.36. The second-order valence-electron chi connectivity index (χ2n) is 6.84. The van der Waals surface area contributed by atoms with Crippen molar-refractivity contribution in [3.05, 3.63) is 29.6 Å². The minimum atomic E-state index is -0.185. The summed E-state index contributed by atoms with van der Waals surface area (Å²) in [4.78, 5) is 0. The SMILES string of the molecule is COc1cccc(CC2(CNCC(C)C)CCCC2)c1F. The topological polar surface area (TPSA) is 21.3 Å². The molecule has 0 heterocycles. The van der Waals surface area contributed by atoms with Gasteiger partial charge < -0.3 is 10.1 Å². The van der Waals surface area contributed by atoms with E-state index in [1.165, 1.54) is 32.8 Å². The zero-order valence-corrected chi connectivity index (χ0v) is 13.5. The first-order valence-electron chi connectivity index (χ1n) is 8.08. The number of rotatable bonds is 7. The van der Waals surface area contributed by atoms with Crippen LogP contribution in [0.2, 0.25) is 0 Å². The number of halogens is 1. The van der Waals surface area contributed by atoms with Gasteiger partial charge >= 0.3 is 0 Å². The van der Waals surface area contributed by atoms with Crippen molar-refractivity contribution < 1.29 is 9.13 Å². The van der Waals surface area contributed by atoms with Crippen LogP contribution in [-0.4, -0.2) is 20.2 Å². The molecule has 1 aromatic carbocycles. The van der Waals surface area contributed by atoms with Gasteiger partial charge in [0.05, 0.1) is 7.11 Å². The Morgan fingerprint density at radius 1 is 1.29 bits per heavy atom. The van der Waals surface area contributed by atoms with Crippen molar-refractivity contribution in [1.82, 2.24) is 5.32 Å². The smallest absolute Gasteiger partial charge is 0.168 e. The monoisotopic (exact) mass is 293 g/mol. The Kier molecular flexibility index (Phi) is 5.63. The highest BCUT2D eigenvalue weighted by Crippen LogP contribution is 2.41. The molecule has 0 radical (unpaired) electrons. The molecule has 0 aliphatic heterocycles. The summed E-state index contributed by atoms with van der Waals surface area (Å²) in [6, 6.07) is 5.49. The molecule has 0 saturated heterocycles. The van der Waals surface area contributed by atoms with Gasteiger partial charge in [0.1, 0.15) is 0 Å². The highest BCUT2D eigenvalue weighted by Gasteiger charge is 2.34. The molecule has 0 aromatic heterocycles. The summed E-state index contributed by atoms with van der Waals surface area (Å²) in [7, 11) is 1.53. The molecule has 1 aliphatic rings. The molecule has 1 fully saturated rings. The first-order chi connectivity index (χ1) is 10.1. The molecule has 0 spiro atoms. The van der Waals surface area contributed by atoms with Crippen molar-refractivity contribution in [2.75, 3.05) is 20.2 Å². The van der Waals surface area contributed by atoms with Crippen molar-refractivity contribution in [3.63, 3.8) is 0 Å². The summed E-state index contributed by atoms with van der Waals surface area (Å²) < 4.78 is 19.5. The van der Waals surface area contributed by atoms with E-state index in [1.54, 1.807) is 6.07 Å². The van der Waals surface area contributed by atoms with Crippen molar-refractivity contribution in [2.24, 2.45) is 11.3 Å². The predicted octanol–water partition coefficient (Wildman–Crippen LogP) is 4.18. The van der Waals surface area contributed by atoms with Gasteiger partial charge in [-0.05, 0) is 48.8 Å². The molecule has 0 atom stereocenters. The van der Waals surface area contributed by atoms with Crippen molar-refractivity contribution >= 4 is 0 Å². The predicted molar refractivity (Wildman–Crippen MR) is 85.3 cm³/mol. The van der Waals surface area contributed by atoms with Crippen LogP contribution in [-0.2, 0) is 6.42 Å². The molecule has 0 unspecified atom stereocenters. The fourth-order valence-electron chi connectivity index (χ4n) is 3.42. The highest BCUT2D eigenvalue weighted by molar-refractivity contribution is 5.32. The Bertz CT molecular complexity index is 453. The van der Waals surface area contributed by atoms with E-state index in [0.29, 0.717) is 11.7 Å². The number of methoxy groups -OCH3 is 1. The Labute approximate surface area is 128 Å². The molecule has 3 heteroatoms. The molecule has 0 amide bonds. The lowest BCUT2D eigenvalue weighted by molar-refractivity contribution is 0.268. The quantitative estimate of drug-likeness (QED) is 0.814. The summed E-state index contributed by atoms with van der Waals surface area (Å²) >= 11 is 0. The third-order valence-corrected chi connectivity index (χ3v) is 4.55. The maximum Gasteiger partial charge on any atom is 0.168 e. The fraction of sp³-hybridized carbons (Fsp3) is 0.667. The van der Waals surface area contributed by atoms with Crippen molar-refractivity contribution in [1.29, 1.82) is 0 Å².